The zero-order valence-corrected chi connectivity index (χ0v) is 15.0. The molecule has 3 nitrogen and oxygen atoms in total. The lowest BCUT2D eigenvalue weighted by Crippen LogP contribution is -2.35. The van der Waals surface area contributed by atoms with Crippen molar-refractivity contribution in [2.45, 2.75) is 52.1 Å². The third-order valence-corrected chi connectivity index (χ3v) is 4.39. The Balaban J connectivity index is 2.06. The van der Waals surface area contributed by atoms with Crippen LogP contribution in [0.25, 0.3) is 0 Å². The van der Waals surface area contributed by atoms with Gasteiger partial charge in [0.1, 0.15) is 0 Å². The molecule has 0 radical (unpaired) electrons. The molecular weight excluding hydrogens is 330 g/mol. The molecule has 1 aliphatic rings. The first-order valence-electron chi connectivity index (χ1n) is 7.63. The number of methoxy groups -OCH3 is 1. The van der Waals surface area contributed by atoms with E-state index in [0.717, 1.165) is 29.1 Å². The molecule has 2 rings (SSSR count). The van der Waals surface area contributed by atoms with Crippen LogP contribution in [-0.2, 0) is 6.54 Å². The fraction of sp³-hybridized carbons (Fsp3) is 0.647. The van der Waals surface area contributed by atoms with Crippen molar-refractivity contribution in [3.8, 4) is 11.5 Å². The first kappa shape index (κ1) is 16.6. The molecule has 1 aromatic carbocycles. The van der Waals surface area contributed by atoms with Crippen molar-refractivity contribution in [1.82, 2.24) is 5.32 Å². The van der Waals surface area contributed by atoms with Gasteiger partial charge in [0.2, 0.25) is 0 Å². The second-order valence-corrected chi connectivity index (χ2v) is 7.67. The van der Waals surface area contributed by atoms with Gasteiger partial charge >= 0.3 is 0 Å². The van der Waals surface area contributed by atoms with E-state index in [2.05, 4.69) is 54.2 Å². The number of hydrogen-bond donors (Lipinski definition) is 1. The predicted octanol–water partition coefficient (Wildman–Crippen LogP) is 4.52. The van der Waals surface area contributed by atoms with Gasteiger partial charge in [-0.3, -0.25) is 0 Å². The summed E-state index contributed by atoms with van der Waals surface area (Å²) in [6.45, 7) is 8.08. The smallest absolute Gasteiger partial charge is 0.175 e. The van der Waals surface area contributed by atoms with Crippen molar-refractivity contribution in [2.75, 3.05) is 13.7 Å². The van der Waals surface area contributed by atoms with Crippen molar-refractivity contribution < 1.29 is 9.47 Å². The zero-order chi connectivity index (χ0) is 15.5. The average Bonchev–Trinajstić information content (AvgIpc) is 2.35. The van der Waals surface area contributed by atoms with Crippen LogP contribution in [-0.4, -0.2) is 19.3 Å². The van der Waals surface area contributed by atoms with Crippen LogP contribution in [0, 0.1) is 5.92 Å². The molecule has 1 aromatic rings. The monoisotopic (exact) mass is 355 g/mol. The van der Waals surface area contributed by atoms with Gasteiger partial charge in [0.25, 0.3) is 0 Å². The summed E-state index contributed by atoms with van der Waals surface area (Å²) in [6, 6.07) is 4.16. The lowest BCUT2D eigenvalue weighted by Gasteiger charge is -2.26. The minimum absolute atomic E-state index is 0.0963. The van der Waals surface area contributed by atoms with Crippen molar-refractivity contribution in [3.05, 3.63) is 22.2 Å². The van der Waals surface area contributed by atoms with Crippen LogP contribution in [0.2, 0.25) is 0 Å². The Morgan fingerprint density at radius 1 is 1.29 bits per heavy atom. The average molecular weight is 356 g/mol. The van der Waals surface area contributed by atoms with Crippen molar-refractivity contribution in [1.29, 1.82) is 0 Å². The summed E-state index contributed by atoms with van der Waals surface area (Å²) in [5.41, 5.74) is 1.28. The van der Waals surface area contributed by atoms with Crippen molar-refractivity contribution in [2.24, 2.45) is 5.92 Å². The topological polar surface area (TPSA) is 30.5 Å². The first-order chi connectivity index (χ1) is 9.89. The largest absolute Gasteiger partial charge is 0.493 e. The number of rotatable bonds is 6. The molecule has 0 heterocycles. The molecule has 0 aliphatic heterocycles. The van der Waals surface area contributed by atoms with Crippen LogP contribution in [0.4, 0.5) is 0 Å². The molecular formula is C17H26BrNO2. The van der Waals surface area contributed by atoms with Crippen LogP contribution < -0.4 is 14.8 Å². The predicted molar refractivity (Wildman–Crippen MR) is 90.1 cm³/mol. The quantitative estimate of drug-likeness (QED) is 0.813. The number of halogens is 1. The Morgan fingerprint density at radius 3 is 2.52 bits per heavy atom. The van der Waals surface area contributed by atoms with Gasteiger partial charge < -0.3 is 14.8 Å². The summed E-state index contributed by atoms with van der Waals surface area (Å²) in [4.78, 5) is 0. The normalized spacial score (nSPS) is 15.7. The fourth-order valence-electron chi connectivity index (χ4n) is 2.24. The highest BCUT2D eigenvalue weighted by atomic mass is 79.9. The van der Waals surface area contributed by atoms with Crippen molar-refractivity contribution >= 4 is 15.9 Å². The van der Waals surface area contributed by atoms with E-state index >= 15 is 0 Å². The van der Waals surface area contributed by atoms with E-state index in [1.807, 2.05) is 0 Å². The third-order valence-electron chi connectivity index (χ3n) is 3.80. The third kappa shape index (κ3) is 4.89. The van der Waals surface area contributed by atoms with Crippen molar-refractivity contribution in [3.63, 3.8) is 0 Å². The molecule has 118 valence electrons. The van der Waals surface area contributed by atoms with E-state index in [-0.39, 0.29) is 5.54 Å². The molecule has 0 spiro atoms. The zero-order valence-electron chi connectivity index (χ0n) is 13.5. The second-order valence-electron chi connectivity index (χ2n) is 6.82. The molecule has 21 heavy (non-hydrogen) atoms. The van der Waals surface area contributed by atoms with Gasteiger partial charge in [-0.1, -0.05) is 6.42 Å². The van der Waals surface area contributed by atoms with Crippen LogP contribution in [0.1, 0.15) is 45.6 Å². The number of hydrogen-bond acceptors (Lipinski definition) is 3. The fourth-order valence-corrected chi connectivity index (χ4v) is 2.85. The highest BCUT2D eigenvalue weighted by Crippen LogP contribution is 2.38. The van der Waals surface area contributed by atoms with Crippen LogP contribution in [0.5, 0.6) is 11.5 Å². The molecule has 0 unspecified atom stereocenters. The maximum absolute atomic E-state index is 5.97. The van der Waals surface area contributed by atoms with E-state index in [4.69, 9.17) is 9.47 Å². The summed E-state index contributed by atoms with van der Waals surface area (Å²) < 4.78 is 12.4. The Labute approximate surface area is 136 Å². The Bertz CT molecular complexity index is 478. The van der Waals surface area contributed by atoms with Crippen LogP contribution >= 0.6 is 15.9 Å². The molecule has 0 aromatic heterocycles. The number of nitrogens with one attached hydrogen (secondary N) is 1. The minimum atomic E-state index is 0.0963. The summed E-state index contributed by atoms with van der Waals surface area (Å²) in [7, 11) is 1.69. The molecule has 0 bridgehead atoms. The van der Waals surface area contributed by atoms with E-state index in [9.17, 15) is 0 Å². The van der Waals surface area contributed by atoms with Crippen LogP contribution in [0.15, 0.2) is 16.6 Å². The highest BCUT2D eigenvalue weighted by molar-refractivity contribution is 9.10. The molecule has 0 saturated heterocycles. The molecule has 0 amide bonds. The molecule has 1 aliphatic carbocycles. The summed E-state index contributed by atoms with van der Waals surface area (Å²) >= 11 is 3.62. The van der Waals surface area contributed by atoms with Gasteiger partial charge in [-0.25, -0.2) is 0 Å². The SMILES string of the molecule is COc1cc(CNC(C)(C)C)cc(Br)c1OCC1CCC1. The van der Waals surface area contributed by atoms with E-state index in [0.29, 0.717) is 5.92 Å². The molecule has 1 saturated carbocycles. The van der Waals surface area contributed by atoms with E-state index in [1.165, 1.54) is 24.8 Å². The van der Waals surface area contributed by atoms with Gasteiger partial charge in [-0.2, -0.15) is 0 Å². The Kier molecular flexibility index (Phi) is 5.55. The van der Waals surface area contributed by atoms with Crippen LogP contribution in [0.3, 0.4) is 0 Å². The van der Waals surface area contributed by atoms with Gasteiger partial charge in [0.05, 0.1) is 18.2 Å². The standard InChI is InChI=1S/C17H26BrNO2/c1-17(2,3)19-10-13-8-14(18)16(15(9-13)20-4)21-11-12-6-5-7-12/h8-9,12,19H,5-7,10-11H2,1-4H3. The van der Waals surface area contributed by atoms with Gasteiger partial charge in [0, 0.05) is 12.1 Å². The number of benzene rings is 1. The van der Waals surface area contributed by atoms with E-state index < -0.39 is 0 Å². The number of ether oxygens (including phenoxy) is 2. The van der Waals surface area contributed by atoms with E-state index in [1.54, 1.807) is 7.11 Å². The lowest BCUT2D eigenvalue weighted by atomic mass is 9.86. The van der Waals surface area contributed by atoms with Gasteiger partial charge in [-0.15, -0.1) is 0 Å². The molecule has 1 fully saturated rings. The molecule has 0 atom stereocenters. The maximum atomic E-state index is 5.97. The Hall–Kier alpha value is -0.740. The minimum Gasteiger partial charge on any atom is -0.493 e. The Morgan fingerprint density at radius 2 is 2.00 bits per heavy atom. The lowest BCUT2D eigenvalue weighted by molar-refractivity contribution is 0.175. The summed E-state index contributed by atoms with van der Waals surface area (Å²) in [5.74, 6) is 2.34. The van der Waals surface area contributed by atoms with Gasteiger partial charge in [-0.05, 0) is 73.2 Å². The maximum Gasteiger partial charge on any atom is 0.175 e. The molecule has 1 N–H and O–H groups in total. The second kappa shape index (κ2) is 7.01. The van der Waals surface area contributed by atoms with Gasteiger partial charge in [0.15, 0.2) is 11.5 Å². The molecule has 4 heteroatoms. The summed E-state index contributed by atoms with van der Waals surface area (Å²) in [5, 5.41) is 3.49. The summed E-state index contributed by atoms with van der Waals surface area (Å²) in [6.07, 6.45) is 3.91. The first-order valence-corrected chi connectivity index (χ1v) is 8.42. The highest BCUT2D eigenvalue weighted by Gasteiger charge is 2.20.